The van der Waals surface area contributed by atoms with Gasteiger partial charge in [0.25, 0.3) is 5.69 Å². The average molecular weight is 568 g/mol. The van der Waals surface area contributed by atoms with E-state index in [0.717, 1.165) is 16.7 Å². The van der Waals surface area contributed by atoms with Gasteiger partial charge < -0.3 is 10.5 Å². The van der Waals surface area contributed by atoms with E-state index in [-0.39, 0.29) is 24.1 Å². The maximum Gasteiger partial charge on any atom is 0.410 e. The van der Waals surface area contributed by atoms with Gasteiger partial charge in [0.05, 0.1) is 9.67 Å². The minimum atomic E-state index is -0.822. The number of rotatable bonds is 9. The predicted octanol–water partition coefficient (Wildman–Crippen LogP) is 5.88. The number of hydrogen-bond acceptors (Lipinski definition) is 6. The number of primary amides is 1. The SMILES string of the molecule is NC(=O)C1CC(SC(c2ccccc2)(c2ccccc2)c2ccccc2)CN1C(=O)OCc1ccc([N+](=O)[O-])cc1. The molecule has 4 aromatic rings. The molecule has 208 valence electrons. The Kier molecular flexibility index (Phi) is 8.35. The van der Waals surface area contributed by atoms with Gasteiger partial charge in [0, 0.05) is 23.9 Å². The number of benzene rings is 4. The number of thioether (sulfide) groups is 1. The van der Waals surface area contributed by atoms with Gasteiger partial charge >= 0.3 is 6.09 Å². The number of likely N-dealkylation sites (tertiary alicyclic amines) is 1. The molecule has 9 heteroatoms. The zero-order chi connectivity index (χ0) is 28.8. The van der Waals surface area contributed by atoms with Crippen LogP contribution in [0.25, 0.3) is 0 Å². The second-order valence-corrected chi connectivity index (χ2v) is 11.3. The third kappa shape index (κ3) is 5.95. The Hall–Kier alpha value is -4.63. The normalized spacial score (nSPS) is 16.7. The van der Waals surface area contributed by atoms with Crippen molar-refractivity contribution in [1.29, 1.82) is 0 Å². The van der Waals surface area contributed by atoms with Crippen LogP contribution in [0.1, 0.15) is 28.7 Å². The van der Waals surface area contributed by atoms with E-state index in [9.17, 15) is 19.7 Å². The Morgan fingerprint density at radius 1 is 0.854 bits per heavy atom. The highest BCUT2D eigenvalue weighted by Gasteiger charge is 2.46. The Bertz CT molecular complexity index is 1400. The van der Waals surface area contributed by atoms with Crippen molar-refractivity contribution in [2.75, 3.05) is 6.54 Å². The lowest BCUT2D eigenvalue weighted by atomic mass is 9.84. The van der Waals surface area contributed by atoms with Crippen LogP contribution >= 0.6 is 11.8 Å². The topological polar surface area (TPSA) is 116 Å². The lowest BCUT2D eigenvalue weighted by Crippen LogP contribution is -2.43. The monoisotopic (exact) mass is 567 g/mol. The number of non-ortho nitro benzene ring substituents is 1. The Morgan fingerprint density at radius 3 is 1.78 bits per heavy atom. The largest absolute Gasteiger partial charge is 0.445 e. The van der Waals surface area contributed by atoms with E-state index in [1.165, 1.54) is 29.2 Å². The van der Waals surface area contributed by atoms with Crippen molar-refractivity contribution in [1.82, 2.24) is 4.90 Å². The first kappa shape index (κ1) is 27.9. The van der Waals surface area contributed by atoms with Crippen LogP contribution in [0.3, 0.4) is 0 Å². The molecule has 0 bridgehead atoms. The van der Waals surface area contributed by atoms with Crippen molar-refractivity contribution < 1.29 is 19.2 Å². The minimum absolute atomic E-state index is 0.0491. The summed E-state index contributed by atoms with van der Waals surface area (Å²) in [6.45, 7) is 0.185. The molecule has 2 N–H and O–H groups in total. The number of nitro groups is 1. The van der Waals surface area contributed by atoms with E-state index in [1.54, 1.807) is 11.8 Å². The molecule has 2 amide bonds. The number of ether oxygens (including phenoxy) is 1. The van der Waals surface area contributed by atoms with E-state index in [4.69, 9.17) is 10.5 Å². The summed E-state index contributed by atoms with van der Waals surface area (Å²) < 4.78 is 4.91. The molecule has 8 nitrogen and oxygen atoms in total. The number of carbonyl (C=O) groups is 2. The highest BCUT2D eigenvalue weighted by atomic mass is 32.2. The molecule has 1 aliphatic heterocycles. The molecule has 2 unspecified atom stereocenters. The summed E-state index contributed by atoms with van der Waals surface area (Å²) in [4.78, 5) is 37.6. The zero-order valence-electron chi connectivity index (χ0n) is 22.2. The number of nitrogens with zero attached hydrogens (tertiary/aromatic N) is 2. The van der Waals surface area contributed by atoms with Crippen LogP contribution in [0.2, 0.25) is 0 Å². The van der Waals surface area contributed by atoms with Gasteiger partial charge in [-0.2, -0.15) is 0 Å². The predicted molar refractivity (Wildman–Crippen MR) is 158 cm³/mol. The lowest BCUT2D eigenvalue weighted by molar-refractivity contribution is -0.384. The molecular formula is C32H29N3O5S. The maximum absolute atomic E-state index is 13.2. The minimum Gasteiger partial charge on any atom is -0.445 e. The summed E-state index contributed by atoms with van der Waals surface area (Å²) in [5.41, 5.74) is 9.57. The van der Waals surface area contributed by atoms with Gasteiger partial charge in [0.2, 0.25) is 5.91 Å². The zero-order valence-corrected chi connectivity index (χ0v) is 23.0. The quantitative estimate of drug-likeness (QED) is 0.153. The van der Waals surface area contributed by atoms with E-state index in [0.29, 0.717) is 12.0 Å². The van der Waals surface area contributed by atoms with E-state index in [1.807, 2.05) is 54.6 Å². The van der Waals surface area contributed by atoms with Gasteiger partial charge in [-0.25, -0.2) is 4.79 Å². The molecule has 0 saturated carbocycles. The molecule has 5 rings (SSSR count). The molecule has 1 saturated heterocycles. The smallest absolute Gasteiger partial charge is 0.410 e. The van der Waals surface area contributed by atoms with Gasteiger partial charge in [-0.1, -0.05) is 91.0 Å². The van der Waals surface area contributed by atoms with Crippen LogP contribution in [0.15, 0.2) is 115 Å². The van der Waals surface area contributed by atoms with Crippen molar-refractivity contribution in [2.24, 2.45) is 5.73 Å². The van der Waals surface area contributed by atoms with Crippen LogP contribution in [0.5, 0.6) is 0 Å². The highest BCUT2D eigenvalue weighted by molar-refractivity contribution is 8.01. The fourth-order valence-electron chi connectivity index (χ4n) is 5.27. The summed E-state index contributed by atoms with van der Waals surface area (Å²) in [5.74, 6) is -0.592. The Morgan fingerprint density at radius 2 is 1.34 bits per heavy atom. The summed E-state index contributed by atoms with van der Waals surface area (Å²) in [6.07, 6.45) is -0.277. The van der Waals surface area contributed by atoms with E-state index < -0.39 is 27.7 Å². The Balaban J connectivity index is 1.43. The summed E-state index contributed by atoms with van der Waals surface area (Å²) in [6, 6.07) is 35.6. The van der Waals surface area contributed by atoms with Gasteiger partial charge in [-0.3, -0.25) is 19.8 Å². The lowest BCUT2D eigenvalue weighted by Gasteiger charge is -2.37. The van der Waals surface area contributed by atoms with Crippen LogP contribution in [-0.2, 0) is 20.9 Å². The summed E-state index contributed by atoms with van der Waals surface area (Å²) in [7, 11) is 0. The molecule has 1 heterocycles. The molecule has 0 spiro atoms. The van der Waals surface area contributed by atoms with E-state index in [2.05, 4.69) is 36.4 Å². The molecule has 2 atom stereocenters. The molecule has 0 aliphatic carbocycles. The first-order chi connectivity index (χ1) is 19.9. The molecule has 1 fully saturated rings. The third-order valence-electron chi connectivity index (χ3n) is 7.22. The fourth-order valence-corrected chi connectivity index (χ4v) is 7.10. The van der Waals surface area contributed by atoms with Crippen molar-refractivity contribution in [3.8, 4) is 0 Å². The molecule has 4 aromatic carbocycles. The fraction of sp³-hybridized carbons (Fsp3) is 0.188. The molecule has 41 heavy (non-hydrogen) atoms. The first-order valence-corrected chi connectivity index (χ1v) is 14.1. The Labute approximate surface area is 242 Å². The number of hydrogen-bond donors (Lipinski definition) is 1. The third-order valence-corrected chi connectivity index (χ3v) is 8.96. The first-order valence-electron chi connectivity index (χ1n) is 13.2. The van der Waals surface area contributed by atoms with Crippen LogP contribution in [0.4, 0.5) is 10.5 Å². The van der Waals surface area contributed by atoms with Gasteiger partial charge in [0.1, 0.15) is 12.6 Å². The number of nitro benzene ring substituents is 1. The van der Waals surface area contributed by atoms with E-state index >= 15 is 0 Å². The van der Waals surface area contributed by atoms with Crippen molar-refractivity contribution in [3.05, 3.63) is 148 Å². The molecule has 1 aliphatic rings. The standard InChI is InChI=1S/C32H29N3O5S/c33-30(36)29-20-28(21-34(29)31(37)40-22-23-16-18-27(19-17-23)35(38)39)41-32(24-10-4-1-5-11-24,25-12-6-2-7-13-25)26-14-8-3-9-15-26/h1-19,28-29H,20-22H2,(H2,33,36). The van der Waals surface area contributed by atoms with Crippen LogP contribution in [0, 0.1) is 10.1 Å². The maximum atomic E-state index is 13.2. The van der Waals surface area contributed by atoms with Crippen LogP contribution in [-0.4, -0.2) is 39.7 Å². The summed E-state index contributed by atoms with van der Waals surface area (Å²) >= 11 is 1.70. The number of amides is 2. The van der Waals surface area contributed by atoms with Gasteiger partial charge in [0.15, 0.2) is 0 Å². The van der Waals surface area contributed by atoms with Crippen molar-refractivity contribution in [2.45, 2.75) is 29.1 Å². The highest BCUT2D eigenvalue weighted by Crippen LogP contribution is 2.52. The second-order valence-electron chi connectivity index (χ2n) is 9.80. The van der Waals surface area contributed by atoms with Crippen molar-refractivity contribution in [3.63, 3.8) is 0 Å². The average Bonchev–Trinajstić information content (AvgIpc) is 3.44. The number of carbonyl (C=O) groups excluding carboxylic acids is 2. The molecular weight excluding hydrogens is 538 g/mol. The molecule has 0 radical (unpaired) electrons. The van der Waals surface area contributed by atoms with Gasteiger partial charge in [-0.05, 0) is 40.8 Å². The van der Waals surface area contributed by atoms with Crippen molar-refractivity contribution >= 4 is 29.4 Å². The second kappa shape index (κ2) is 12.3. The number of nitrogens with two attached hydrogens (primary N) is 1. The van der Waals surface area contributed by atoms with Crippen LogP contribution < -0.4 is 5.73 Å². The summed E-state index contributed by atoms with van der Waals surface area (Å²) in [5, 5.41) is 10.8. The van der Waals surface area contributed by atoms with Gasteiger partial charge in [-0.15, -0.1) is 11.8 Å². The molecule has 0 aromatic heterocycles.